The van der Waals surface area contributed by atoms with Crippen molar-refractivity contribution in [2.45, 2.75) is 39.7 Å². The molecule has 0 aliphatic rings. The van der Waals surface area contributed by atoms with Gasteiger partial charge >= 0.3 is 6.09 Å². The molecule has 0 bridgehead atoms. The minimum absolute atomic E-state index is 0.453. The minimum Gasteiger partial charge on any atom is -0.444 e. The highest BCUT2D eigenvalue weighted by Gasteiger charge is 2.12. The second-order valence-electron chi connectivity index (χ2n) is 5.60. The molecule has 2 heterocycles. The van der Waals surface area contributed by atoms with Crippen LogP contribution >= 0.6 is 15.9 Å². The van der Waals surface area contributed by atoms with Crippen molar-refractivity contribution in [3.63, 3.8) is 0 Å². The molecular formula is C16H21BrN4O2. The zero-order valence-electron chi connectivity index (χ0n) is 13.7. The van der Waals surface area contributed by atoms with Crippen molar-refractivity contribution >= 4 is 22.0 Å². The Labute approximate surface area is 144 Å². The van der Waals surface area contributed by atoms with Crippen molar-refractivity contribution in [3.05, 3.63) is 40.9 Å². The number of aromatic nitrogens is 3. The first-order valence-electron chi connectivity index (χ1n) is 7.13. The van der Waals surface area contributed by atoms with Crippen LogP contribution in [0, 0.1) is 0 Å². The standard InChI is InChI=1S/C11H10BrN3.C5H11NO2/c1-2-9-11(14-6-5-13-9)10-4-3-8(12)7-15-10;1-5(2,3)8-4(6)7/h3-7H,2H2,1H3;1-3H3,(H2,6,7). The summed E-state index contributed by atoms with van der Waals surface area (Å²) >= 11 is 3.36. The van der Waals surface area contributed by atoms with E-state index >= 15 is 0 Å². The first-order valence-corrected chi connectivity index (χ1v) is 7.92. The number of hydrogen-bond acceptors (Lipinski definition) is 5. The van der Waals surface area contributed by atoms with Gasteiger partial charge in [0.05, 0.1) is 11.4 Å². The number of nitrogens with zero attached hydrogens (tertiary/aromatic N) is 3. The summed E-state index contributed by atoms with van der Waals surface area (Å²) in [4.78, 5) is 22.9. The summed E-state index contributed by atoms with van der Waals surface area (Å²) in [5, 5.41) is 0. The normalized spacial score (nSPS) is 10.5. The summed E-state index contributed by atoms with van der Waals surface area (Å²) in [6.45, 7) is 7.35. The summed E-state index contributed by atoms with van der Waals surface area (Å²) < 4.78 is 5.54. The lowest BCUT2D eigenvalue weighted by Crippen LogP contribution is -2.27. The summed E-state index contributed by atoms with van der Waals surface area (Å²) in [6.07, 6.45) is 5.31. The fourth-order valence-electron chi connectivity index (χ4n) is 1.66. The smallest absolute Gasteiger partial charge is 0.405 e. The number of ether oxygens (including phenoxy) is 1. The molecule has 0 atom stereocenters. The van der Waals surface area contributed by atoms with Gasteiger partial charge in [-0.05, 0) is 55.3 Å². The highest BCUT2D eigenvalue weighted by Crippen LogP contribution is 2.19. The van der Waals surface area contributed by atoms with E-state index in [-0.39, 0.29) is 0 Å². The largest absolute Gasteiger partial charge is 0.444 e. The van der Waals surface area contributed by atoms with E-state index in [0.717, 1.165) is 28.0 Å². The van der Waals surface area contributed by atoms with Crippen LogP contribution in [0.5, 0.6) is 0 Å². The minimum atomic E-state index is -0.725. The lowest BCUT2D eigenvalue weighted by Gasteiger charge is -2.16. The monoisotopic (exact) mass is 380 g/mol. The molecule has 6 nitrogen and oxygen atoms in total. The number of amides is 1. The first kappa shape index (κ1) is 19.0. The van der Waals surface area contributed by atoms with Crippen molar-refractivity contribution in [2.24, 2.45) is 5.73 Å². The van der Waals surface area contributed by atoms with Gasteiger partial charge in [0.25, 0.3) is 0 Å². The second kappa shape index (κ2) is 8.57. The van der Waals surface area contributed by atoms with E-state index in [1.165, 1.54) is 0 Å². The van der Waals surface area contributed by atoms with Crippen molar-refractivity contribution in [3.8, 4) is 11.4 Å². The predicted octanol–water partition coefficient (Wildman–Crippen LogP) is 3.74. The van der Waals surface area contributed by atoms with E-state index in [1.807, 2.05) is 12.1 Å². The molecule has 0 saturated heterocycles. The van der Waals surface area contributed by atoms with Gasteiger partial charge in [-0.15, -0.1) is 0 Å². The number of hydrogen-bond donors (Lipinski definition) is 1. The zero-order valence-corrected chi connectivity index (χ0v) is 15.3. The maximum Gasteiger partial charge on any atom is 0.405 e. The number of nitrogens with two attached hydrogens (primary N) is 1. The second-order valence-corrected chi connectivity index (χ2v) is 6.52. The molecule has 2 aromatic heterocycles. The Kier molecular flexibility index (Phi) is 7.09. The maximum atomic E-state index is 10.0. The Bertz CT molecular complexity index is 639. The van der Waals surface area contributed by atoms with Crippen LogP contribution in [0.1, 0.15) is 33.4 Å². The average Bonchev–Trinajstić information content (AvgIpc) is 2.46. The average molecular weight is 381 g/mol. The van der Waals surface area contributed by atoms with E-state index in [4.69, 9.17) is 5.73 Å². The molecule has 7 heteroatoms. The number of pyridine rings is 1. The molecule has 2 N–H and O–H groups in total. The van der Waals surface area contributed by atoms with Crippen LogP contribution in [-0.4, -0.2) is 26.6 Å². The van der Waals surface area contributed by atoms with Crippen LogP contribution in [0.3, 0.4) is 0 Å². The number of rotatable bonds is 2. The quantitative estimate of drug-likeness (QED) is 0.856. The van der Waals surface area contributed by atoms with Crippen LogP contribution in [0.25, 0.3) is 11.4 Å². The molecular weight excluding hydrogens is 360 g/mol. The highest BCUT2D eigenvalue weighted by molar-refractivity contribution is 9.10. The molecule has 2 aromatic rings. The Morgan fingerprint density at radius 2 is 1.87 bits per heavy atom. The van der Waals surface area contributed by atoms with E-state index in [2.05, 4.69) is 42.5 Å². The van der Waals surface area contributed by atoms with Gasteiger partial charge in [-0.25, -0.2) is 4.79 Å². The molecule has 0 aliphatic heterocycles. The fourth-order valence-corrected chi connectivity index (χ4v) is 1.89. The van der Waals surface area contributed by atoms with Crippen LogP contribution in [0.4, 0.5) is 4.79 Å². The van der Waals surface area contributed by atoms with E-state index in [0.29, 0.717) is 0 Å². The van der Waals surface area contributed by atoms with Crippen LogP contribution in [0.15, 0.2) is 35.2 Å². The van der Waals surface area contributed by atoms with Crippen LogP contribution in [0.2, 0.25) is 0 Å². The highest BCUT2D eigenvalue weighted by atomic mass is 79.9. The maximum absolute atomic E-state index is 10.0. The zero-order chi connectivity index (χ0) is 17.5. The summed E-state index contributed by atoms with van der Waals surface area (Å²) in [6, 6.07) is 3.89. The Morgan fingerprint density at radius 1 is 1.22 bits per heavy atom. The SMILES string of the molecule is CC(C)(C)OC(N)=O.CCc1nccnc1-c1ccc(Br)cn1. The third-order valence-electron chi connectivity index (χ3n) is 2.49. The molecule has 0 fully saturated rings. The van der Waals surface area contributed by atoms with Crippen molar-refractivity contribution in [1.29, 1.82) is 0 Å². The number of primary amides is 1. The molecule has 0 radical (unpaired) electrons. The van der Waals surface area contributed by atoms with E-state index < -0.39 is 11.7 Å². The van der Waals surface area contributed by atoms with E-state index in [1.54, 1.807) is 39.4 Å². The van der Waals surface area contributed by atoms with Gasteiger partial charge in [-0.2, -0.15) is 0 Å². The van der Waals surface area contributed by atoms with Gasteiger partial charge in [-0.1, -0.05) is 6.92 Å². The van der Waals surface area contributed by atoms with Gasteiger partial charge in [0.1, 0.15) is 11.3 Å². The third kappa shape index (κ3) is 7.19. The van der Waals surface area contributed by atoms with Gasteiger partial charge in [-0.3, -0.25) is 15.0 Å². The molecule has 0 spiro atoms. The van der Waals surface area contributed by atoms with Gasteiger partial charge in [0.15, 0.2) is 0 Å². The number of aryl methyl sites for hydroxylation is 1. The summed E-state index contributed by atoms with van der Waals surface area (Å²) in [5.41, 5.74) is 6.98. The Hall–Kier alpha value is -2.02. The van der Waals surface area contributed by atoms with Crippen molar-refractivity contribution in [1.82, 2.24) is 15.0 Å². The molecule has 0 saturated carbocycles. The Morgan fingerprint density at radius 3 is 2.30 bits per heavy atom. The van der Waals surface area contributed by atoms with Crippen LogP contribution < -0.4 is 5.73 Å². The Balaban J connectivity index is 0.000000284. The molecule has 1 amide bonds. The molecule has 0 unspecified atom stereocenters. The molecule has 23 heavy (non-hydrogen) atoms. The number of halogens is 1. The number of carbonyl (C=O) groups excluding carboxylic acids is 1. The van der Waals surface area contributed by atoms with Crippen molar-refractivity contribution < 1.29 is 9.53 Å². The lowest BCUT2D eigenvalue weighted by atomic mass is 10.2. The van der Waals surface area contributed by atoms with Gasteiger partial charge in [0.2, 0.25) is 0 Å². The lowest BCUT2D eigenvalue weighted by molar-refractivity contribution is 0.0600. The predicted molar refractivity (Wildman–Crippen MR) is 92.8 cm³/mol. The summed E-state index contributed by atoms with van der Waals surface area (Å²) in [5.74, 6) is 0. The fraction of sp³-hybridized carbons (Fsp3) is 0.375. The van der Waals surface area contributed by atoms with Crippen LogP contribution in [-0.2, 0) is 11.2 Å². The first-order chi connectivity index (χ1) is 10.7. The summed E-state index contributed by atoms with van der Waals surface area (Å²) in [7, 11) is 0. The van der Waals surface area contributed by atoms with Crippen molar-refractivity contribution in [2.75, 3.05) is 0 Å². The molecule has 0 aliphatic carbocycles. The van der Waals surface area contributed by atoms with Gasteiger partial charge in [0, 0.05) is 23.1 Å². The van der Waals surface area contributed by atoms with E-state index in [9.17, 15) is 4.79 Å². The molecule has 124 valence electrons. The third-order valence-corrected chi connectivity index (χ3v) is 2.95. The molecule has 0 aromatic carbocycles. The molecule has 2 rings (SSSR count). The van der Waals surface area contributed by atoms with Gasteiger partial charge < -0.3 is 10.5 Å². The topological polar surface area (TPSA) is 91.0 Å². The number of carbonyl (C=O) groups is 1.